The molecule has 1 heterocycles. The van der Waals surface area contributed by atoms with Crippen LogP contribution in [0.5, 0.6) is 0 Å². The van der Waals surface area contributed by atoms with Crippen molar-refractivity contribution in [2.45, 2.75) is 38.3 Å². The van der Waals surface area contributed by atoms with E-state index in [1.165, 1.54) is 7.11 Å². The fourth-order valence-corrected chi connectivity index (χ4v) is 2.46. The van der Waals surface area contributed by atoms with E-state index in [4.69, 9.17) is 9.47 Å². The van der Waals surface area contributed by atoms with Crippen molar-refractivity contribution in [3.05, 3.63) is 0 Å². The summed E-state index contributed by atoms with van der Waals surface area (Å²) in [6.45, 7) is 7.49. The van der Waals surface area contributed by atoms with Gasteiger partial charge in [-0.2, -0.15) is 0 Å². The number of nitrogens with zero attached hydrogens (tertiary/aromatic N) is 1. The quantitative estimate of drug-likeness (QED) is 0.559. The molecule has 0 radical (unpaired) electrons. The molecule has 0 aromatic rings. The number of piperidine rings is 1. The van der Waals surface area contributed by atoms with Crippen molar-refractivity contribution in [1.82, 2.24) is 10.2 Å². The first kappa shape index (κ1) is 15.4. The highest BCUT2D eigenvalue weighted by molar-refractivity contribution is 5.81. The van der Waals surface area contributed by atoms with Crippen molar-refractivity contribution in [1.29, 1.82) is 0 Å². The molecule has 1 N–H and O–H groups in total. The Morgan fingerprint density at radius 1 is 1.33 bits per heavy atom. The van der Waals surface area contributed by atoms with Crippen LogP contribution in [-0.2, 0) is 14.3 Å². The number of hydrogen-bond acceptors (Lipinski definition) is 5. The first-order valence-corrected chi connectivity index (χ1v) is 6.62. The van der Waals surface area contributed by atoms with E-state index in [-0.39, 0.29) is 5.97 Å². The summed E-state index contributed by atoms with van der Waals surface area (Å²) in [6, 6.07) is 0.527. The number of esters is 1. The van der Waals surface area contributed by atoms with E-state index in [1.54, 1.807) is 7.11 Å². The Morgan fingerprint density at radius 2 is 1.94 bits per heavy atom. The predicted octanol–water partition coefficient (Wildman–Crippen LogP) is 0.638. The first-order valence-electron chi connectivity index (χ1n) is 6.62. The molecule has 0 aromatic heterocycles. The first-order chi connectivity index (χ1) is 8.55. The Kier molecular flexibility index (Phi) is 6.05. The number of hydrogen-bond donors (Lipinski definition) is 1. The summed E-state index contributed by atoms with van der Waals surface area (Å²) in [5, 5.41) is 3.32. The summed E-state index contributed by atoms with van der Waals surface area (Å²) in [5.41, 5.74) is -0.529. The highest BCUT2D eigenvalue weighted by Gasteiger charge is 2.42. The molecule has 5 heteroatoms. The van der Waals surface area contributed by atoms with Crippen molar-refractivity contribution >= 4 is 5.97 Å². The molecule has 5 nitrogen and oxygen atoms in total. The van der Waals surface area contributed by atoms with Gasteiger partial charge in [-0.3, -0.25) is 10.1 Å². The molecular weight excluding hydrogens is 232 g/mol. The summed E-state index contributed by atoms with van der Waals surface area (Å²) in [4.78, 5) is 14.4. The molecule has 1 rings (SSSR count). The van der Waals surface area contributed by atoms with E-state index in [9.17, 15) is 4.79 Å². The molecule has 0 spiro atoms. The molecule has 0 unspecified atom stereocenters. The second-order valence-corrected chi connectivity index (χ2v) is 5.12. The lowest BCUT2D eigenvalue weighted by molar-refractivity contribution is -0.151. The van der Waals surface area contributed by atoms with E-state index in [1.807, 2.05) is 0 Å². The van der Waals surface area contributed by atoms with Gasteiger partial charge >= 0.3 is 5.97 Å². The fraction of sp³-hybridized carbons (Fsp3) is 0.923. The zero-order chi connectivity index (χ0) is 13.6. The van der Waals surface area contributed by atoms with Crippen LogP contribution in [0.3, 0.4) is 0 Å². The van der Waals surface area contributed by atoms with E-state index >= 15 is 0 Å². The lowest BCUT2D eigenvalue weighted by atomic mass is 9.87. The van der Waals surface area contributed by atoms with Gasteiger partial charge in [0, 0.05) is 32.8 Å². The van der Waals surface area contributed by atoms with Gasteiger partial charge in [0.15, 0.2) is 0 Å². The van der Waals surface area contributed by atoms with Crippen LogP contribution in [-0.4, -0.2) is 62.9 Å². The van der Waals surface area contributed by atoms with Gasteiger partial charge in [-0.05, 0) is 26.7 Å². The molecule has 1 saturated heterocycles. The predicted molar refractivity (Wildman–Crippen MR) is 70.6 cm³/mol. The van der Waals surface area contributed by atoms with Gasteiger partial charge in [0.2, 0.25) is 0 Å². The SMILES string of the molecule is COCCNC1(C(=O)OC)CCN(C(C)C)CC1. The summed E-state index contributed by atoms with van der Waals surface area (Å²) in [5.74, 6) is -0.151. The van der Waals surface area contributed by atoms with Crippen LogP contribution >= 0.6 is 0 Å². The Hall–Kier alpha value is -0.650. The van der Waals surface area contributed by atoms with Crippen molar-refractivity contribution in [3.8, 4) is 0 Å². The van der Waals surface area contributed by atoms with Crippen LogP contribution in [0.4, 0.5) is 0 Å². The fourth-order valence-electron chi connectivity index (χ4n) is 2.46. The molecule has 1 aliphatic rings. The van der Waals surface area contributed by atoms with Crippen molar-refractivity contribution in [2.75, 3.05) is 40.5 Å². The van der Waals surface area contributed by atoms with Crippen LogP contribution in [0.15, 0.2) is 0 Å². The van der Waals surface area contributed by atoms with Gasteiger partial charge in [0.1, 0.15) is 5.54 Å². The molecule has 0 aliphatic carbocycles. The van der Waals surface area contributed by atoms with E-state index in [2.05, 4.69) is 24.1 Å². The van der Waals surface area contributed by atoms with Crippen LogP contribution in [0.2, 0.25) is 0 Å². The standard InChI is InChI=1S/C13H26N2O3/c1-11(2)15-8-5-13(6-9-15,12(16)18-4)14-7-10-17-3/h11,14H,5-10H2,1-4H3. The lowest BCUT2D eigenvalue weighted by Crippen LogP contribution is -2.60. The molecule has 1 aliphatic heterocycles. The molecule has 0 saturated carbocycles. The maximum Gasteiger partial charge on any atom is 0.326 e. The largest absolute Gasteiger partial charge is 0.468 e. The topological polar surface area (TPSA) is 50.8 Å². The number of likely N-dealkylation sites (tertiary alicyclic amines) is 1. The normalized spacial score (nSPS) is 20.1. The average Bonchev–Trinajstić information content (AvgIpc) is 2.38. The summed E-state index contributed by atoms with van der Waals surface area (Å²) >= 11 is 0. The van der Waals surface area contributed by atoms with Gasteiger partial charge in [-0.1, -0.05) is 0 Å². The van der Waals surface area contributed by atoms with Crippen LogP contribution in [0.1, 0.15) is 26.7 Å². The summed E-state index contributed by atoms with van der Waals surface area (Å²) in [6.07, 6.45) is 1.59. The van der Waals surface area contributed by atoms with Crippen molar-refractivity contribution in [2.24, 2.45) is 0 Å². The molecule has 0 atom stereocenters. The number of rotatable bonds is 6. The number of carbonyl (C=O) groups excluding carboxylic acids is 1. The van der Waals surface area contributed by atoms with Gasteiger partial charge in [0.05, 0.1) is 13.7 Å². The monoisotopic (exact) mass is 258 g/mol. The molecular formula is C13H26N2O3. The minimum absolute atomic E-state index is 0.151. The minimum Gasteiger partial charge on any atom is -0.468 e. The lowest BCUT2D eigenvalue weighted by Gasteiger charge is -2.41. The van der Waals surface area contributed by atoms with Gasteiger partial charge < -0.3 is 14.4 Å². The van der Waals surface area contributed by atoms with Crippen LogP contribution in [0.25, 0.3) is 0 Å². The maximum absolute atomic E-state index is 12.0. The summed E-state index contributed by atoms with van der Waals surface area (Å²) < 4.78 is 9.98. The average molecular weight is 258 g/mol. The Balaban J connectivity index is 2.61. The molecule has 0 amide bonds. The van der Waals surface area contributed by atoms with Gasteiger partial charge in [0.25, 0.3) is 0 Å². The minimum atomic E-state index is -0.529. The van der Waals surface area contributed by atoms with Crippen molar-refractivity contribution in [3.63, 3.8) is 0 Å². The summed E-state index contributed by atoms with van der Waals surface area (Å²) in [7, 11) is 3.12. The molecule has 0 bridgehead atoms. The van der Waals surface area contributed by atoms with Crippen LogP contribution in [0, 0.1) is 0 Å². The second kappa shape index (κ2) is 7.07. The second-order valence-electron chi connectivity index (χ2n) is 5.12. The number of carbonyl (C=O) groups is 1. The zero-order valence-corrected chi connectivity index (χ0v) is 12.0. The molecule has 0 aromatic carbocycles. The Labute approximate surface area is 110 Å². The Bertz CT molecular complexity index is 261. The molecule has 18 heavy (non-hydrogen) atoms. The van der Waals surface area contributed by atoms with E-state index in [0.717, 1.165) is 25.9 Å². The van der Waals surface area contributed by atoms with E-state index in [0.29, 0.717) is 19.2 Å². The third-order valence-corrected chi connectivity index (χ3v) is 3.73. The van der Waals surface area contributed by atoms with Crippen molar-refractivity contribution < 1.29 is 14.3 Å². The smallest absolute Gasteiger partial charge is 0.326 e. The van der Waals surface area contributed by atoms with Crippen LogP contribution < -0.4 is 5.32 Å². The van der Waals surface area contributed by atoms with E-state index < -0.39 is 5.54 Å². The third-order valence-electron chi connectivity index (χ3n) is 3.73. The number of nitrogens with one attached hydrogen (secondary N) is 1. The van der Waals surface area contributed by atoms with Gasteiger partial charge in [-0.15, -0.1) is 0 Å². The highest BCUT2D eigenvalue weighted by atomic mass is 16.5. The van der Waals surface area contributed by atoms with Gasteiger partial charge in [-0.25, -0.2) is 0 Å². The number of ether oxygens (including phenoxy) is 2. The Morgan fingerprint density at radius 3 is 2.39 bits per heavy atom. The zero-order valence-electron chi connectivity index (χ0n) is 12.0. The third kappa shape index (κ3) is 3.67. The highest BCUT2D eigenvalue weighted by Crippen LogP contribution is 2.24. The molecule has 1 fully saturated rings. The molecule has 106 valence electrons. The number of methoxy groups -OCH3 is 2. The maximum atomic E-state index is 12.0.